The average molecular weight is 932 g/mol. The Balaban J connectivity index is 0.000000200. The first kappa shape index (κ1) is 48.4. The van der Waals surface area contributed by atoms with Crippen LogP contribution in [0.25, 0.3) is 22.5 Å². The lowest BCUT2D eigenvalue weighted by Crippen LogP contribution is -2.30. The molecule has 10 nitrogen and oxygen atoms in total. The molecule has 2 atom stereocenters. The number of ether oxygens (including phenoxy) is 2. The number of benzene rings is 4. The monoisotopic (exact) mass is 930 g/mol. The van der Waals surface area contributed by atoms with Gasteiger partial charge >= 0.3 is 0 Å². The maximum atomic E-state index is 5.93. The third-order valence-electron chi connectivity index (χ3n) is 12.5. The molecule has 0 aliphatic rings. The molecule has 67 heavy (non-hydrogen) atoms. The highest BCUT2D eigenvalue weighted by Crippen LogP contribution is 2.41. The molecule has 12 heteroatoms. The van der Waals surface area contributed by atoms with E-state index < -0.39 is 0 Å². The van der Waals surface area contributed by atoms with Gasteiger partial charge in [-0.05, 0) is 107 Å². The van der Waals surface area contributed by atoms with Crippen molar-refractivity contribution in [1.29, 1.82) is 0 Å². The first-order chi connectivity index (χ1) is 32.5. The van der Waals surface area contributed by atoms with Gasteiger partial charge in [-0.25, -0.2) is 4.89 Å². The molecule has 0 amide bonds. The van der Waals surface area contributed by atoms with E-state index in [4.69, 9.17) is 25.4 Å². The van der Waals surface area contributed by atoms with Gasteiger partial charge in [0.1, 0.15) is 29.7 Å². The topological polar surface area (TPSA) is 114 Å². The molecule has 0 aliphatic heterocycles. The summed E-state index contributed by atoms with van der Waals surface area (Å²) in [6.07, 6.45) is 3.56. The summed E-state index contributed by atoms with van der Waals surface area (Å²) in [4.78, 5) is 13.2. The van der Waals surface area contributed by atoms with E-state index in [-0.39, 0.29) is 10.8 Å². The summed E-state index contributed by atoms with van der Waals surface area (Å²) in [5, 5.41) is 17.6. The third kappa shape index (κ3) is 12.1. The van der Waals surface area contributed by atoms with E-state index >= 15 is 0 Å². The summed E-state index contributed by atoms with van der Waals surface area (Å²) in [7, 11) is 1.45. The molecule has 0 fully saturated rings. The van der Waals surface area contributed by atoms with Crippen LogP contribution in [0.15, 0.2) is 175 Å². The lowest BCUT2D eigenvalue weighted by Gasteiger charge is -2.35. The summed E-state index contributed by atoms with van der Waals surface area (Å²) in [5.41, 5.74) is 10.1. The molecule has 4 aromatic carbocycles. The van der Waals surface area contributed by atoms with Crippen molar-refractivity contribution in [3.05, 3.63) is 209 Å². The van der Waals surface area contributed by atoms with Crippen LogP contribution < -0.4 is 9.47 Å². The molecule has 0 aliphatic carbocycles. The quantitative estimate of drug-likeness (QED) is 0.0494. The Hall–Kier alpha value is -6.50. The van der Waals surface area contributed by atoms with Gasteiger partial charge < -0.3 is 9.47 Å². The zero-order valence-electron chi connectivity index (χ0n) is 38.8. The average Bonchev–Trinajstić information content (AvgIpc) is 3.38. The van der Waals surface area contributed by atoms with Crippen LogP contribution in [0.5, 0.6) is 11.5 Å². The summed E-state index contributed by atoms with van der Waals surface area (Å²) in [6, 6.07) is 53.0. The highest BCUT2D eigenvalue weighted by Gasteiger charge is 2.34. The van der Waals surface area contributed by atoms with Crippen LogP contribution in [0, 0.1) is 11.8 Å². The second kappa shape index (κ2) is 22.8. The van der Waals surface area contributed by atoms with Crippen LogP contribution >= 0.6 is 23.6 Å². The van der Waals surface area contributed by atoms with Crippen molar-refractivity contribution in [1.82, 2.24) is 30.4 Å². The van der Waals surface area contributed by atoms with Crippen molar-refractivity contribution in [3.63, 3.8) is 0 Å². The second-order valence-electron chi connectivity index (χ2n) is 17.0. The smallest absolute Gasteiger partial charge is 0.151 e. The van der Waals surface area contributed by atoms with E-state index in [1.54, 1.807) is 18.5 Å². The molecule has 8 rings (SSSR count). The largest absolute Gasteiger partial charge is 0.487 e. The van der Waals surface area contributed by atoms with E-state index in [1.807, 2.05) is 78.9 Å². The molecule has 342 valence electrons. The summed E-state index contributed by atoms with van der Waals surface area (Å²) in [5.74, 6) is 2.44. The van der Waals surface area contributed by atoms with Crippen LogP contribution in [0.2, 0.25) is 5.15 Å². The molecule has 0 saturated carbocycles. The molecule has 0 spiro atoms. The predicted octanol–water partition coefficient (Wildman–Crippen LogP) is 13.4. The Morgan fingerprint density at radius 3 is 1.25 bits per heavy atom. The van der Waals surface area contributed by atoms with Gasteiger partial charge in [0, 0.05) is 34.4 Å². The zero-order chi connectivity index (χ0) is 47.2. The summed E-state index contributed by atoms with van der Waals surface area (Å²) < 4.78 is 16.7. The van der Waals surface area contributed by atoms with Gasteiger partial charge in [-0.1, -0.05) is 138 Å². The van der Waals surface area contributed by atoms with Gasteiger partial charge in [0.25, 0.3) is 0 Å². The fraction of sp³-hybridized carbons (Fsp3) is 0.236. The van der Waals surface area contributed by atoms with Crippen molar-refractivity contribution in [2.75, 3.05) is 7.11 Å². The van der Waals surface area contributed by atoms with E-state index in [0.29, 0.717) is 35.2 Å². The fourth-order valence-electron chi connectivity index (χ4n) is 7.77. The maximum absolute atomic E-state index is 5.93. The number of hydrogen-bond acceptors (Lipinski definition) is 11. The minimum atomic E-state index is -0.165. The van der Waals surface area contributed by atoms with Crippen molar-refractivity contribution in [2.24, 2.45) is 11.8 Å². The Kier molecular flexibility index (Phi) is 16.5. The molecular formula is C55H55ClN6O4S. The van der Waals surface area contributed by atoms with Crippen LogP contribution in [0.1, 0.15) is 75.2 Å². The van der Waals surface area contributed by atoms with Crippen LogP contribution in [-0.2, 0) is 33.3 Å². The van der Waals surface area contributed by atoms with Gasteiger partial charge in [0.2, 0.25) is 0 Å². The highest BCUT2D eigenvalue weighted by atomic mass is 35.5. The lowest BCUT2D eigenvalue weighted by atomic mass is 9.68. The van der Waals surface area contributed by atoms with Crippen LogP contribution in [-0.4, -0.2) is 37.5 Å². The SMILES string of the molecule is CC(C)C(C)(c1ccc(OCc2ccccn2)cc1)c1ccc(-c2ccc(Cl)nn2)cc1.COOSc1ccc(-c2ccc(C(C)(c3ccc(OCc4ccccn4)cc3)C(C)C)cc2)nn1. The minimum absolute atomic E-state index is 0.149. The Labute approximate surface area is 403 Å². The maximum Gasteiger partial charge on any atom is 0.151 e. The molecule has 0 radical (unpaired) electrons. The number of halogens is 1. The number of aromatic nitrogens is 6. The van der Waals surface area contributed by atoms with Crippen molar-refractivity contribution in [2.45, 2.75) is 70.6 Å². The first-order valence-corrected chi connectivity index (χ1v) is 23.3. The van der Waals surface area contributed by atoms with Gasteiger partial charge in [0.05, 0.1) is 41.9 Å². The summed E-state index contributed by atoms with van der Waals surface area (Å²) >= 11 is 6.89. The zero-order valence-corrected chi connectivity index (χ0v) is 40.4. The van der Waals surface area contributed by atoms with Crippen LogP contribution in [0.3, 0.4) is 0 Å². The molecule has 4 heterocycles. The van der Waals surface area contributed by atoms with Crippen molar-refractivity contribution in [3.8, 4) is 34.0 Å². The van der Waals surface area contributed by atoms with Crippen molar-refractivity contribution >= 4 is 23.6 Å². The molecule has 0 bridgehead atoms. The molecular weight excluding hydrogens is 876 g/mol. The molecule has 4 aromatic heterocycles. The van der Waals surface area contributed by atoms with E-state index in [2.05, 4.69) is 150 Å². The minimum Gasteiger partial charge on any atom is -0.487 e. The van der Waals surface area contributed by atoms with E-state index in [1.165, 1.54) is 29.4 Å². The van der Waals surface area contributed by atoms with Gasteiger partial charge in [0.15, 0.2) is 5.15 Å². The predicted molar refractivity (Wildman–Crippen MR) is 267 cm³/mol. The van der Waals surface area contributed by atoms with Gasteiger partial charge in [-0.2, -0.15) is 4.33 Å². The Morgan fingerprint density at radius 2 is 0.910 bits per heavy atom. The van der Waals surface area contributed by atoms with Gasteiger partial charge in [-0.3, -0.25) is 9.97 Å². The van der Waals surface area contributed by atoms with Crippen molar-refractivity contribution < 1.29 is 18.7 Å². The Morgan fingerprint density at radius 1 is 0.493 bits per heavy atom. The third-order valence-corrected chi connectivity index (χ3v) is 13.3. The number of nitrogens with zero attached hydrogens (tertiary/aromatic N) is 6. The van der Waals surface area contributed by atoms with E-state index in [0.717, 1.165) is 57.4 Å². The standard InChI is InChI=1S/C28H29N3O3S.C27H26ClN3O/c1-20(2)28(3,23-12-14-25(15-13-23)33-19-24-7-5-6-18-29-24)22-10-8-21(9-11-22)26-16-17-27(31-30-26)35-34-32-4;1-19(2)27(3,21-9-7-20(8-10-21)25-15-16-26(28)31-30-25)22-11-13-24(14-12-22)32-18-23-6-4-5-17-29-23/h5-18,20H,19H2,1-4H3;4-17,19H,18H2,1-3H3. The number of hydrogen-bond donors (Lipinski definition) is 0. The lowest BCUT2D eigenvalue weighted by molar-refractivity contribution is -0.160. The molecule has 0 N–H and O–H groups in total. The number of pyridine rings is 2. The highest BCUT2D eigenvalue weighted by molar-refractivity contribution is 7.94. The molecule has 8 aromatic rings. The fourth-order valence-corrected chi connectivity index (χ4v) is 8.21. The molecule has 0 saturated heterocycles. The summed E-state index contributed by atoms with van der Waals surface area (Å²) in [6.45, 7) is 14.5. The van der Waals surface area contributed by atoms with Crippen LogP contribution in [0.4, 0.5) is 0 Å². The molecule has 2 unspecified atom stereocenters. The van der Waals surface area contributed by atoms with Gasteiger partial charge in [-0.15, -0.1) is 20.4 Å². The normalized spacial score (nSPS) is 13.0. The van der Waals surface area contributed by atoms with E-state index in [9.17, 15) is 0 Å². The number of rotatable bonds is 17. The first-order valence-electron chi connectivity index (χ1n) is 22.2. The second-order valence-corrected chi connectivity index (χ2v) is 18.1. The Bertz CT molecular complexity index is 2730.